The number of hydrogen-bond acceptors (Lipinski definition) is 10. The summed E-state index contributed by atoms with van der Waals surface area (Å²) in [7, 11) is 0. The van der Waals surface area contributed by atoms with Crippen LogP contribution >= 0.6 is 0 Å². The van der Waals surface area contributed by atoms with Crippen molar-refractivity contribution >= 4 is 58.3 Å². The minimum Gasteiger partial charge on any atom is -0.481 e. The van der Waals surface area contributed by atoms with Crippen LogP contribution in [0.2, 0.25) is 0 Å². The molecule has 74 heavy (non-hydrogen) atoms. The van der Waals surface area contributed by atoms with Gasteiger partial charge < -0.3 is 58.6 Å². The highest BCUT2D eigenvalue weighted by Gasteiger charge is 2.38. The van der Waals surface area contributed by atoms with Gasteiger partial charge in [0.15, 0.2) is 0 Å². The number of aliphatic carboxylic acids is 2. The molecule has 13 N–H and O–H groups in total. The van der Waals surface area contributed by atoms with Crippen LogP contribution in [0.1, 0.15) is 140 Å². The molecule has 2 aromatic carbocycles. The van der Waals surface area contributed by atoms with E-state index in [4.69, 9.17) is 11.5 Å². The van der Waals surface area contributed by atoms with Crippen molar-refractivity contribution < 1.29 is 48.6 Å². The van der Waals surface area contributed by atoms with E-state index >= 15 is 0 Å². The minimum atomic E-state index is -1.19. The number of carboxylic acid groups (broad SMARTS) is 2. The maximum absolute atomic E-state index is 14.3. The van der Waals surface area contributed by atoms with E-state index in [1.807, 2.05) is 60.8 Å². The number of nitrogens with one attached hydrogen (secondary N) is 7. The molecule has 0 bridgehead atoms. The number of aromatic nitrogens is 1. The zero-order valence-corrected chi connectivity index (χ0v) is 42.6. The van der Waals surface area contributed by atoms with Gasteiger partial charge in [-0.05, 0) is 94.4 Å². The lowest BCUT2D eigenvalue weighted by Gasteiger charge is -2.35. The molecule has 404 valence electrons. The standard InChI is InChI=1S/C55H79N9O10/c56-26-12-15-36(29-50(67)63-46-22-10-6-18-42(46)54(73)61-38(27-34-13-2-1-3-14-34)30-48(65)60-37(32-52(70)71)24-25-51(68)69)59-49(66)31-39(28-35-33-58-45-21-9-5-16-40(35)45)62-55(74)43-19-7-11-23-47(43)64-53(72)41-17-4-8-20-44(41)57/h1-3,5,9,13-14,16,21,33,36-39,41-44,46-47,58H,4,6-8,10-12,15,17-20,22-32,56-57H2,(H,59,66)(H,60,65)(H,61,73)(H,62,74)(H,63,67)(H,64,72)(H,68,69)(H,70,71)/t36-,37-,38-,39-,41-,42-,43-,44-,46-,47-/m0/s1. The molecule has 3 aliphatic rings. The van der Waals surface area contributed by atoms with Crippen LogP contribution in [-0.4, -0.2) is 111 Å². The Morgan fingerprint density at radius 2 is 1.09 bits per heavy atom. The topological polar surface area (TPSA) is 317 Å². The van der Waals surface area contributed by atoms with Crippen molar-refractivity contribution in [3.63, 3.8) is 0 Å². The molecular weight excluding hydrogens is 947 g/mol. The Labute approximate surface area is 433 Å². The first-order chi connectivity index (χ1) is 35.6. The second kappa shape index (κ2) is 28.9. The number of H-pyrrole nitrogens is 1. The Balaban J connectivity index is 1.10. The summed E-state index contributed by atoms with van der Waals surface area (Å²) in [4.78, 5) is 109. The number of rotatable bonds is 27. The maximum Gasteiger partial charge on any atom is 0.305 e. The van der Waals surface area contributed by atoms with Crippen molar-refractivity contribution in [2.45, 2.75) is 184 Å². The third-order valence-corrected chi connectivity index (χ3v) is 15.1. The Morgan fingerprint density at radius 3 is 1.70 bits per heavy atom. The summed E-state index contributed by atoms with van der Waals surface area (Å²) in [6.45, 7) is 0.328. The van der Waals surface area contributed by atoms with Gasteiger partial charge in [-0.3, -0.25) is 38.4 Å². The van der Waals surface area contributed by atoms with E-state index < -0.39 is 66.3 Å². The van der Waals surface area contributed by atoms with Crippen molar-refractivity contribution in [3.8, 4) is 0 Å². The number of fused-ring (bicyclic) bond motifs is 1. The number of carbonyl (C=O) groups excluding carboxylic acids is 6. The van der Waals surface area contributed by atoms with Gasteiger partial charge in [-0.15, -0.1) is 0 Å². The zero-order valence-electron chi connectivity index (χ0n) is 42.6. The minimum absolute atomic E-state index is 0.0748. The number of nitrogens with two attached hydrogens (primary N) is 2. The normalized spacial score (nSPS) is 22.5. The monoisotopic (exact) mass is 1030 g/mol. The van der Waals surface area contributed by atoms with E-state index in [0.717, 1.165) is 73.4 Å². The van der Waals surface area contributed by atoms with Gasteiger partial charge in [-0.2, -0.15) is 0 Å². The van der Waals surface area contributed by atoms with E-state index in [9.17, 15) is 48.6 Å². The lowest BCUT2D eigenvalue weighted by atomic mass is 9.81. The molecule has 0 spiro atoms. The van der Waals surface area contributed by atoms with Gasteiger partial charge in [0.1, 0.15) is 0 Å². The van der Waals surface area contributed by atoms with Gasteiger partial charge in [-0.1, -0.05) is 87.1 Å². The fraction of sp³-hybridized carbons (Fsp3) is 0.600. The van der Waals surface area contributed by atoms with Gasteiger partial charge >= 0.3 is 11.9 Å². The van der Waals surface area contributed by atoms with Crippen LogP contribution < -0.4 is 43.4 Å². The lowest BCUT2D eigenvalue weighted by Crippen LogP contribution is -2.54. The molecule has 3 aliphatic carbocycles. The maximum atomic E-state index is 14.3. The number of benzene rings is 2. The summed E-state index contributed by atoms with van der Waals surface area (Å²) in [5.74, 6) is -5.61. The van der Waals surface area contributed by atoms with E-state index in [0.29, 0.717) is 51.5 Å². The predicted octanol–water partition coefficient (Wildman–Crippen LogP) is 4.01. The van der Waals surface area contributed by atoms with Gasteiger partial charge in [-0.25, -0.2) is 0 Å². The molecule has 3 fully saturated rings. The van der Waals surface area contributed by atoms with Crippen LogP contribution in [0.5, 0.6) is 0 Å². The average molecular weight is 1030 g/mol. The molecule has 10 atom stereocenters. The molecule has 6 amide bonds. The largest absolute Gasteiger partial charge is 0.481 e. The quantitative estimate of drug-likeness (QED) is 0.0516. The number of amides is 6. The first-order valence-electron chi connectivity index (χ1n) is 26.9. The molecule has 0 radical (unpaired) electrons. The number of hydrogen-bond donors (Lipinski definition) is 11. The smallest absolute Gasteiger partial charge is 0.305 e. The third kappa shape index (κ3) is 18.0. The average Bonchev–Trinajstić information content (AvgIpc) is 3.77. The van der Waals surface area contributed by atoms with E-state index in [1.165, 1.54) is 0 Å². The van der Waals surface area contributed by atoms with Crippen molar-refractivity contribution in [1.29, 1.82) is 0 Å². The molecule has 1 heterocycles. The van der Waals surface area contributed by atoms with Crippen molar-refractivity contribution in [3.05, 3.63) is 71.9 Å². The SMILES string of the molecule is NCCC[C@@H](CC(=O)N[C@H]1CCCC[C@@H]1C(=O)N[C@H](CC(=O)N[C@@H](CCC(=O)O)CC(=O)O)Cc1ccccc1)NC(=O)C[C@H](Cc1c[nH]c2ccccc12)NC(=O)[C@H]1CCCC[C@@H]1NC(=O)[C@H]1CCCC[C@@H]1N. The predicted molar refractivity (Wildman–Crippen MR) is 279 cm³/mol. The van der Waals surface area contributed by atoms with Crippen molar-refractivity contribution in [2.24, 2.45) is 29.2 Å². The molecule has 1 aromatic heterocycles. The molecule has 0 aliphatic heterocycles. The molecule has 6 rings (SSSR count). The van der Waals surface area contributed by atoms with Crippen LogP contribution in [0.25, 0.3) is 10.9 Å². The van der Waals surface area contributed by atoms with E-state index in [1.54, 1.807) is 0 Å². The molecule has 0 unspecified atom stereocenters. The summed E-state index contributed by atoms with van der Waals surface area (Å²) < 4.78 is 0. The van der Waals surface area contributed by atoms with Crippen LogP contribution in [0.3, 0.4) is 0 Å². The molecule has 0 saturated heterocycles. The molecule has 3 aromatic rings. The van der Waals surface area contributed by atoms with Crippen molar-refractivity contribution in [2.75, 3.05) is 6.54 Å². The number of carboxylic acids is 2. The summed E-state index contributed by atoms with van der Waals surface area (Å²) in [5, 5.41) is 37.8. The highest BCUT2D eigenvalue weighted by molar-refractivity contribution is 5.87. The second-order valence-corrected chi connectivity index (χ2v) is 20.9. The number of carbonyl (C=O) groups is 8. The third-order valence-electron chi connectivity index (χ3n) is 15.1. The van der Waals surface area contributed by atoms with Gasteiger partial charge in [0.25, 0.3) is 0 Å². The summed E-state index contributed by atoms with van der Waals surface area (Å²) >= 11 is 0. The van der Waals surface area contributed by atoms with E-state index in [2.05, 4.69) is 36.9 Å². The number of aromatic amines is 1. The first kappa shape index (κ1) is 56.9. The zero-order chi connectivity index (χ0) is 53.0. The first-order valence-corrected chi connectivity index (χ1v) is 26.9. The Kier molecular flexibility index (Phi) is 22.3. The van der Waals surface area contributed by atoms with Crippen LogP contribution in [0.15, 0.2) is 60.8 Å². The Bertz CT molecular complexity index is 2360. The molecular formula is C55H79N9O10. The van der Waals surface area contributed by atoms with Crippen molar-refractivity contribution in [1.82, 2.24) is 36.9 Å². The summed E-state index contributed by atoms with van der Waals surface area (Å²) in [5.41, 5.74) is 15.0. The lowest BCUT2D eigenvalue weighted by molar-refractivity contribution is -0.140. The highest BCUT2D eigenvalue weighted by atomic mass is 16.4. The molecule has 19 nitrogen and oxygen atoms in total. The summed E-state index contributed by atoms with van der Waals surface area (Å²) in [6, 6.07) is 13.1. The van der Waals surface area contributed by atoms with E-state index in [-0.39, 0.29) is 86.1 Å². The van der Waals surface area contributed by atoms with Gasteiger partial charge in [0.2, 0.25) is 35.4 Å². The number of para-hydroxylation sites is 1. The van der Waals surface area contributed by atoms with Crippen LogP contribution in [0, 0.1) is 17.8 Å². The Morgan fingerprint density at radius 1 is 0.554 bits per heavy atom. The van der Waals surface area contributed by atoms with Gasteiger partial charge in [0, 0.05) is 85.1 Å². The van der Waals surface area contributed by atoms with Gasteiger partial charge in [0.05, 0.1) is 24.2 Å². The highest BCUT2D eigenvalue weighted by Crippen LogP contribution is 2.29. The molecule has 19 heteroatoms. The fourth-order valence-corrected chi connectivity index (χ4v) is 11.3. The Hall–Kier alpha value is -6.34. The molecule has 3 saturated carbocycles. The fourth-order valence-electron chi connectivity index (χ4n) is 11.3. The second-order valence-electron chi connectivity index (χ2n) is 20.9. The van der Waals surface area contributed by atoms with Crippen LogP contribution in [0.4, 0.5) is 0 Å². The summed E-state index contributed by atoms with van der Waals surface area (Å²) in [6.07, 6.45) is 11.2. The van der Waals surface area contributed by atoms with Crippen LogP contribution in [-0.2, 0) is 51.2 Å².